The largest absolute Gasteiger partial charge is 0.384 e. The summed E-state index contributed by atoms with van der Waals surface area (Å²) in [7, 11) is 0. The Morgan fingerprint density at radius 1 is 1.00 bits per heavy atom. The minimum Gasteiger partial charge on any atom is -0.384 e. The van der Waals surface area contributed by atoms with E-state index in [1.54, 1.807) is 12.3 Å². The predicted octanol–water partition coefficient (Wildman–Crippen LogP) is 3.39. The molecule has 0 aromatic carbocycles. The Balaban J connectivity index is 2.11. The van der Waals surface area contributed by atoms with Crippen molar-refractivity contribution in [3.63, 3.8) is 0 Å². The van der Waals surface area contributed by atoms with Gasteiger partial charge in [-0.15, -0.1) is 0 Å². The molecule has 4 nitrogen and oxygen atoms in total. The van der Waals surface area contributed by atoms with Crippen molar-refractivity contribution in [2.75, 3.05) is 5.73 Å². The van der Waals surface area contributed by atoms with Crippen LogP contribution < -0.4 is 5.73 Å². The summed E-state index contributed by atoms with van der Waals surface area (Å²) >= 11 is 0. The van der Waals surface area contributed by atoms with Crippen molar-refractivity contribution in [2.45, 2.75) is 20.3 Å². The van der Waals surface area contributed by atoms with Gasteiger partial charge in [-0.3, -0.25) is 9.97 Å². The molecule has 3 aromatic rings. The van der Waals surface area contributed by atoms with Crippen LogP contribution in [0.1, 0.15) is 29.4 Å². The first-order valence-electron chi connectivity index (χ1n) is 7.82. The monoisotopic (exact) mass is 314 g/mol. The average molecular weight is 314 g/mol. The first-order valence-corrected chi connectivity index (χ1v) is 7.82. The van der Waals surface area contributed by atoms with Crippen LogP contribution >= 0.6 is 0 Å². The van der Waals surface area contributed by atoms with Crippen molar-refractivity contribution in [3.05, 3.63) is 71.4 Å². The van der Waals surface area contributed by atoms with E-state index in [2.05, 4.69) is 39.8 Å². The standard InChI is InChI=1S/C20H18N4/c1-3-19-18(6-4-15-5-7-20(21)24-13-15)17(9-11-23-19)16-8-10-22-14(2)12-16/h5,7-13H,3H2,1-2H3,(H2,21,24). The van der Waals surface area contributed by atoms with Gasteiger partial charge in [0.15, 0.2) is 0 Å². The molecule has 0 spiro atoms. The van der Waals surface area contributed by atoms with E-state index >= 15 is 0 Å². The summed E-state index contributed by atoms with van der Waals surface area (Å²) in [4.78, 5) is 12.8. The summed E-state index contributed by atoms with van der Waals surface area (Å²) in [6.07, 6.45) is 6.15. The molecule has 3 rings (SSSR count). The maximum Gasteiger partial charge on any atom is 0.123 e. The lowest BCUT2D eigenvalue weighted by Crippen LogP contribution is -1.96. The molecule has 0 unspecified atom stereocenters. The zero-order chi connectivity index (χ0) is 16.9. The first kappa shape index (κ1) is 15.7. The fraction of sp³-hybridized carbons (Fsp3) is 0.150. The number of pyridine rings is 3. The number of hydrogen-bond acceptors (Lipinski definition) is 4. The summed E-state index contributed by atoms with van der Waals surface area (Å²) in [5.74, 6) is 6.93. The molecule has 3 heterocycles. The van der Waals surface area contributed by atoms with Gasteiger partial charge in [-0.25, -0.2) is 4.98 Å². The quantitative estimate of drug-likeness (QED) is 0.736. The number of nitrogen functional groups attached to an aromatic ring is 1. The topological polar surface area (TPSA) is 64.7 Å². The van der Waals surface area contributed by atoms with Gasteiger partial charge in [0.25, 0.3) is 0 Å². The van der Waals surface area contributed by atoms with E-state index in [0.29, 0.717) is 5.82 Å². The molecular weight excluding hydrogens is 296 g/mol. The third-order valence-corrected chi connectivity index (χ3v) is 3.69. The molecule has 24 heavy (non-hydrogen) atoms. The Kier molecular flexibility index (Phi) is 4.53. The van der Waals surface area contributed by atoms with E-state index in [4.69, 9.17) is 5.73 Å². The lowest BCUT2D eigenvalue weighted by Gasteiger charge is -2.09. The fourth-order valence-electron chi connectivity index (χ4n) is 2.48. The third-order valence-electron chi connectivity index (χ3n) is 3.69. The van der Waals surface area contributed by atoms with Gasteiger partial charge in [-0.05, 0) is 49.2 Å². The van der Waals surface area contributed by atoms with Gasteiger partial charge in [0.05, 0.1) is 11.3 Å². The van der Waals surface area contributed by atoms with Gasteiger partial charge >= 0.3 is 0 Å². The minimum absolute atomic E-state index is 0.490. The van der Waals surface area contributed by atoms with Gasteiger partial charge in [0, 0.05) is 35.4 Å². The molecule has 0 saturated carbocycles. The Hall–Kier alpha value is -3.19. The van der Waals surface area contributed by atoms with Crippen molar-refractivity contribution < 1.29 is 0 Å². The van der Waals surface area contributed by atoms with Crippen LogP contribution in [0.25, 0.3) is 11.1 Å². The maximum atomic E-state index is 5.62. The molecular formula is C20H18N4. The second kappa shape index (κ2) is 6.93. The predicted molar refractivity (Wildman–Crippen MR) is 96.2 cm³/mol. The zero-order valence-electron chi connectivity index (χ0n) is 13.7. The molecule has 0 fully saturated rings. The van der Waals surface area contributed by atoms with Crippen molar-refractivity contribution in [1.29, 1.82) is 0 Å². The summed E-state index contributed by atoms with van der Waals surface area (Å²) in [5.41, 5.74) is 11.5. The second-order valence-corrected chi connectivity index (χ2v) is 5.44. The van der Waals surface area contributed by atoms with Crippen LogP contribution in [-0.2, 0) is 6.42 Å². The lowest BCUT2D eigenvalue weighted by molar-refractivity contribution is 1.03. The number of hydrogen-bond donors (Lipinski definition) is 1. The summed E-state index contributed by atoms with van der Waals surface area (Å²) < 4.78 is 0. The molecule has 4 heteroatoms. The van der Waals surface area contributed by atoms with Crippen LogP contribution in [0.15, 0.2) is 48.9 Å². The number of nitrogens with two attached hydrogens (primary N) is 1. The summed E-state index contributed by atoms with van der Waals surface area (Å²) in [5, 5.41) is 0. The van der Waals surface area contributed by atoms with Gasteiger partial charge in [-0.2, -0.15) is 0 Å². The van der Waals surface area contributed by atoms with Crippen LogP contribution in [0.2, 0.25) is 0 Å². The molecule has 0 aliphatic rings. The van der Waals surface area contributed by atoms with Crippen LogP contribution in [0.4, 0.5) is 5.82 Å². The van der Waals surface area contributed by atoms with E-state index in [1.165, 1.54) is 0 Å². The van der Waals surface area contributed by atoms with E-state index in [1.807, 2.05) is 37.5 Å². The highest BCUT2D eigenvalue weighted by Gasteiger charge is 2.09. The van der Waals surface area contributed by atoms with Crippen LogP contribution in [-0.4, -0.2) is 15.0 Å². The van der Waals surface area contributed by atoms with E-state index in [0.717, 1.165) is 40.1 Å². The number of aromatic nitrogens is 3. The van der Waals surface area contributed by atoms with Gasteiger partial charge in [-0.1, -0.05) is 18.8 Å². The minimum atomic E-state index is 0.490. The Labute approximate surface area is 141 Å². The van der Waals surface area contributed by atoms with Crippen LogP contribution in [0, 0.1) is 18.8 Å². The molecule has 0 atom stereocenters. The SMILES string of the molecule is CCc1nccc(-c2ccnc(C)c2)c1C#Cc1ccc(N)nc1. The van der Waals surface area contributed by atoms with Crippen LogP contribution in [0.5, 0.6) is 0 Å². The Morgan fingerprint density at radius 3 is 2.54 bits per heavy atom. The second-order valence-electron chi connectivity index (χ2n) is 5.44. The Morgan fingerprint density at radius 2 is 1.83 bits per heavy atom. The maximum absolute atomic E-state index is 5.62. The number of anilines is 1. The Bertz CT molecular complexity index is 918. The molecule has 2 N–H and O–H groups in total. The highest BCUT2D eigenvalue weighted by molar-refractivity contribution is 5.72. The van der Waals surface area contributed by atoms with Crippen molar-refractivity contribution >= 4 is 5.82 Å². The normalized spacial score (nSPS) is 10.1. The fourth-order valence-corrected chi connectivity index (χ4v) is 2.48. The van der Waals surface area contributed by atoms with Gasteiger partial charge < -0.3 is 5.73 Å². The summed E-state index contributed by atoms with van der Waals surface area (Å²) in [6.45, 7) is 4.07. The first-order chi connectivity index (χ1) is 11.7. The number of aryl methyl sites for hydroxylation is 2. The smallest absolute Gasteiger partial charge is 0.123 e. The lowest BCUT2D eigenvalue weighted by atomic mass is 9.98. The molecule has 0 aliphatic carbocycles. The van der Waals surface area contributed by atoms with E-state index in [9.17, 15) is 0 Å². The van der Waals surface area contributed by atoms with Gasteiger partial charge in [0.2, 0.25) is 0 Å². The summed E-state index contributed by atoms with van der Waals surface area (Å²) in [6, 6.07) is 9.68. The van der Waals surface area contributed by atoms with E-state index < -0.39 is 0 Å². The van der Waals surface area contributed by atoms with E-state index in [-0.39, 0.29) is 0 Å². The van der Waals surface area contributed by atoms with Crippen molar-refractivity contribution in [3.8, 4) is 23.0 Å². The highest BCUT2D eigenvalue weighted by Crippen LogP contribution is 2.25. The molecule has 0 bridgehead atoms. The van der Waals surface area contributed by atoms with Crippen LogP contribution in [0.3, 0.4) is 0 Å². The number of nitrogens with zero attached hydrogens (tertiary/aromatic N) is 3. The van der Waals surface area contributed by atoms with Crippen molar-refractivity contribution in [1.82, 2.24) is 15.0 Å². The van der Waals surface area contributed by atoms with Gasteiger partial charge in [0.1, 0.15) is 5.82 Å². The third kappa shape index (κ3) is 3.41. The number of rotatable bonds is 2. The molecule has 0 aliphatic heterocycles. The molecule has 3 aromatic heterocycles. The van der Waals surface area contributed by atoms with Crippen molar-refractivity contribution in [2.24, 2.45) is 0 Å². The zero-order valence-corrected chi connectivity index (χ0v) is 13.7. The molecule has 0 amide bonds. The molecule has 0 radical (unpaired) electrons. The molecule has 0 saturated heterocycles. The average Bonchev–Trinajstić information content (AvgIpc) is 2.61. The highest BCUT2D eigenvalue weighted by atomic mass is 14.8. The molecule has 118 valence electrons.